The van der Waals surface area contributed by atoms with Gasteiger partial charge >= 0.3 is 17.9 Å². The molecule has 11 N–H and O–H groups in total. The Morgan fingerprint density at radius 3 is 0.884 bits per heavy atom. The average molecular weight is 1920 g/mol. The number of carbonyl (C=O) groups is 12. The zero-order valence-corrected chi connectivity index (χ0v) is 82.5. The van der Waals surface area contributed by atoms with E-state index in [1.54, 1.807) is 114 Å². The van der Waals surface area contributed by atoms with Gasteiger partial charge in [-0.3, -0.25) is 43.2 Å². The topological polar surface area (TPSA) is 370 Å². The minimum Gasteiger partial charge on any atom is -0.478 e. The molecule has 0 bridgehead atoms. The number of carbonyl (C=O) groups excluding carboxylic acids is 9. The summed E-state index contributed by atoms with van der Waals surface area (Å²) in [6, 6.07) is 51.9. The van der Waals surface area contributed by atoms with Crippen molar-refractivity contribution in [1.82, 2.24) is 0 Å². The Bertz CT molecular complexity index is 5540. The Hall–Kier alpha value is -12.7. The largest absolute Gasteiger partial charge is 0.478 e. The van der Waals surface area contributed by atoms with Crippen LogP contribution < -0.4 is 22.9 Å². The lowest BCUT2D eigenvalue weighted by Crippen LogP contribution is -2.02. The second-order valence-corrected chi connectivity index (χ2v) is 32.8. The van der Waals surface area contributed by atoms with Gasteiger partial charge in [-0.1, -0.05) is 138 Å². The number of carboxylic acid groups (broad SMARTS) is 3. The monoisotopic (exact) mass is 1920 g/mol. The Morgan fingerprint density at radius 2 is 0.589 bits per heavy atom. The van der Waals surface area contributed by atoms with Gasteiger partial charge < -0.3 is 38.3 Å². The first-order valence-corrected chi connectivity index (χ1v) is 43.3. The fourth-order valence-corrected chi connectivity index (χ4v) is 12.6. The van der Waals surface area contributed by atoms with Gasteiger partial charge in [-0.2, -0.15) is 0 Å². The lowest BCUT2D eigenvalue weighted by Gasteiger charge is -2.06. The molecule has 11 aromatic carbocycles. The summed E-state index contributed by atoms with van der Waals surface area (Å²) in [4.78, 5) is 129. The molecule has 0 aliphatic rings. The summed E-state index contributed by atoms with van der Waals surface area (Å²) in [5, 5.41) is 27.9. The van der Waals surface area contributed by atoms with Crippen molar-refractivity contribution in [2.24, 2.45) is 0 Å². The van der Waals surface area contributed by atoms with Crippen molar-refractivity contribution in [3.63, 3.8) is 0 Å². The number of carboxylic acids is 3. The third-order valence-corrected chi connectivity index (χ3v) is 22.2. The van der Waals surface area contributed by atoms with Gasteiger partial charge in [-0.25, -0.2) is 14.4 Å². The molecular formula is C106H120Br2Cl2N4O15. The molecule has 23 heteroatoms. The van der Waals surface area contributed by atoms with Crippen LogP contribution in [0.2, 0.25) is 10.0 Å². The number of benzene rings is 11. The second kappa shape index (κ2) is 56.5. The Labute approximate surface area is 786 Å². The number of ketones is 7. The first kappa shape index (κ1) is 114. The number of aldehydes is 2. The van der Waals surface area contributed by atoms with Crippen LogP contribution in [0.1, 0.15) is 286 Å². The maximum atomic E-state index is 11.1. The number of hydrogen-bond donors (Lipinski definition) is 7. The molecule has 0 saturated carbocycles. The molecule has 11 rings (SSSR count). The summed E-state index contributed by atoms with van der Waals surface area (Å²) in [6.45, 7) is 45.8. The molecule has 0 unspecified atom stereocenters. The van der Waals surface area contributed by atoms with E-state index < -0.39 is 17.9 Å². The highest BCUT2D eigenvalue weighted by Gasteiger charge is 2.14. The molecule has 0 aromatic heterocycles. The van der Waals surface area contributed by atoms with Crippen LogP contribution in [-0.2, 0) is 11.8 Å². The van der Waals surface area contributed by atoms with Crippen LogP contribution >= 0.6 is 55.1 Å². The van der Waals surface area contributed by atoms with Crippen molar-refractivity contribution >= 4 is 155 Å². The molecule has 0 fully saturated rings. The predicted octanol–water partition coefficient (Wildman–Crippen LogP) is 26.2. The Morgan fingerprint density at radius 1 is 0.310 bits per heavy atom. The van der Waals surface area contributed by atoms with Crippen LogP contribution in [-0.4, -0.2) is 86.3 Å². The summed E-state index contributed by atoms with van der Waals surface area (Å²) in [6.07, 6.45) is 5.51. The highest BCUT2D eigenvalue weighted by Crippen LogP contribution is 2.28. The number of aromatic carboxylic acids is 3. The lowest BCUT2D eigenvalue weighted by atomic mass is 10.0. The van der Waals surface area contributed by atoms with Gasteiger partial charge in [0, 0.05) is 92.7 Å². The van der Waals surface area contributed by atoms with E-state index in [1.165, 1.54) is 83.5 Å². The number of anilines is 4. The van der Waals surface area contributed by atoms with Crippen LogP contribution in [0.15, 0.2) is 187 Å². The van der Waals surface area contributed by atoms with Gasteiger partial charge in [0.15, 0.2) is 40.5 Å². The van der Waals surface area contributed by atoms with Crippen molar-refractivity contribution < 1.29 is 72.9 Å². The van der Waals surface area contributed by atoms with Crippen molar-refractivity contribution in [2.45, 2.75) is 177 Å². The third-order valence-electron chi connectivity index (χ3n) is 20.1. The summed E-state index contributed by atoms with van der Waals surface area (Å²) in [7, 11) is 0. The van der Waals surface area contributed by atoms with Gasteiger partial charge in [0.2, 0.25) is 0 Å². The maximum absolute atomic E-state index is 11.1. The molecule has 19 nitrogen and oxygen atoms in total. The van der Waals surface area contributed by atoms with Gasteiger partial charge in [0.1, 0.15) is 12.6 Å². The predicted molar refractivity (Wildman–Crippen MR) is 536 cm³/mol. The molecule has 0 saturated heterocycles. The normalized spacial score (nSPS) is 9.76. The number of hydrogen-bond acceptors (Lipinski definition) is 16. The van der Waals surface area contributed by atoms with E-state index in [9.17, 15) is 57.5 Å². The van der Waals surface area contributed by atoms with Crippen molar-refractivity contribution in [2.75, 3.05) is 22.9 Å². The number of rotatable bonds is 16. The molecule has 0 atom stereocenters. The number of nitrogen functional groups attached to an aromatic ring is 4. The quantitative estimate of drug-likeness (QED) is 0.0204. The summed E-state index contributed by atoms with van der Waals surface area (Å²) < 4.78 is 0.898. The molecule has 129 heavy (non-hydrogen) atoms. The lowest BCUT2D eigenvalue weighted by molar-refractivity contribution is 0.0686. The van der Waals surface area contributed by atoms with E-state index in [2.05, 4.69) is 58.4 Å². The van der Waals surface area contributed by atoms with E-state index in [0.717, 1.165) is 108 Å². The van der Waals surface area contributed by atoms with Crippen LogP contribution in [0, 0.1) is 104 Å². The first-order valence-electron chi connectivity index (χ1n) is 40.6. The van der Waals surface area contributed by atoms with Gasteiger partial charge in [0.25, 0.3) is 0 Å². The highest BCUT2D eigenvalue weighted by molar-refractivity contribution is 9.10. The zero-order chi connectivity index (χ0) is 98.9. The first-order chi connectivity index (χ1) is 60.1. The van der Waals surface area contributed by atoms with Crippen LogP contribution in [0.25, 0.3) is 6.08 Å². The van der Waals surface area contributed by atoms with E-state index in [-0.39, 0.29) is 51.7 Å². The Balaban J connectivity index is 0.000000710. The molecule has 0 heterocycles. The molecule has 0 aliphatic carbocycles. The SMILES string of the molecule is C=Cc1cc(N)c(C(C)=O)cc1C.CC(=O)c1cc(C)c(C=O)cc1N.CC(=O)c1ccc(C)c(C)c1.CC(=O)c1ccc(C)c(C)c1.CC(=O)c1ccc(C=O)c(C)c1.CC(=O)c1ccc(CBr)c(C)c1.CCCc1ccc(C(C)=O)cc1C.Cc1cc(Br)c(N)cc1Cl.Cc1cc(C(=O)O)c(N)cc1Cl.Cc1ccc(C(=O)O)cc1C.Cc1ccc(C(=O)O)cc1C. The number of Topliss-reactive ketones (excluding diaryl/α,β-unsaturated/α-hetero) is 7. The van der Waals surface area contributed by atoms with E-state index in [0.29, 0.717) is 71.6 Å². The average Bonchev–Trinajstić information content (AvgIpc) is 0.870. The summed E-state index contributed by atoms with van der Waals surface area (Å²) in [5.41, 5.74) is 50.4. The Kier molecular flexibility index (Phi) is 50.1. The van der Waals surface area contributed by atoms with E-state index in [1.807, 2.05) is 168 Å². The zero-order valence-electron chi connectivity index (χ0n) is 77.9. The third kappa shape index (κ3) is 39.6. The number of halogens is 4. The van der Waals surface area contributed by atoms with Crippen LogP contribution in [0.3, 0.4) is 0 Å². The molecule has 0 amide bonds. The van der Waals surface area contributed by atoms with Gasteiger partial charge in [0.05, 0.1) is 16.7 Å². The number of nitrogens with two attached hydrogens (primary N) is 4. The number of aryl methyl sites for hydroxylation is 16. The summed E-state index contributed by atoms with van der Waals surface area (Å²) in [5.74, 6) is -2.30. The highest BCUT2D eigenvalue weighted by atomic mass is 79.9. The minimum atomic E-state index is -1.03. The summed E-state index contributed by atoms with van der Waals surface area (Å²) >= 11 is 18.2. The van der Waals surface area contributed by atoms with Crippen LogP contribution in [0.4, 0.5) is 22.7 Å². The minimum absolute atomic E-state index is 0.00351. The molecule has 682 valence electrons. The maximum Gasteiger partial charge on any atom is 0.337 e. The molecule has 0 aliphatic heterocycles. The van der Waals surface area contributed by atoms with Crippen molar-refractivity contribution in [1.29, 1.82) is 0 Å². The molecule has 0 spiro atoms. The molecule has 11 aromatic rings. The number of alkyl halides is 1. The van der Waals surface area contributed by atoms with Crippen molar-refractivity contribution in [3.8, 4) is 0 Å². The molecule has 0 radical (unpaired) electrons. The van der Waals surface area contributed by atoms with Crippen molar-refractivity contribution in [3.05, 3.63) is 364 Å². The smallest absolute Gasteiger partial charge is 0.337 e. The standard InChI is InChI=1S/C12H16O.C11H13NO.C10H11BrO.C10H11NO2.C10H10O2.2C10H12O.2C9H10O2.C8H8ClNO2.C7H7BrClN/c1-4-5-11-6-7-12(10(3)13)8-9(11)2;1-4-9-6-11(12)10(8(3)13)5-7(9)2;1-7-5-9(8(2)12)3-4-10(7)6-11;1-6-3-9(7(2)13)10(11)4-8(6)5-12;1-7-5-9(8(2)12)3-4-10(7)6-11;2*1-7-4-5-10(9(3)11)6-8(7)2;2*1-6-3-4-8(9(10)11)5-7(6)2;1-4-2-5(8(11)12)7(10)3-6(4)9;1-4-2-5(8)7(10)3-6(4)9/h6-8H,4-5H2,1-3H3;4-6H,1,12H2,2-3H3;3-5H,6H2,1-2H3;3-5H,11H2,1-2H3;3-6H,1-2H3;2*4-6H,1-3H3;2*3-5H,1-2H3,(H,10,11);2-3H,10H2,1H3,(H,11,12);2-3H,10H2,1H3. The fraction of sp³-hybridized carbons (Fsp3) is 0.245. The van der Waals surface area contributed by atoms with Gasteiger partial charge in [-0.05, 0) is 378 Å². The van der Waals surface area contributed by atoms with Gasteiger partial charge in [-0.15, -0.1) is 0 Å². The fourth-order valence-electron chi connectivity index (χ4n) is 11.2. The second-order valence-electron chi connectivity index (χ2n) is 30.6. The van der Waals surface area contributed by atoms with E-state index >= 15 is 0 Å². The van der Waals surface area contributed by atoms with E-state index in [4.69, 9.17) is 61.5 Å². The molecular weight excluding hydrogens is 1800 g/mol. The van der Waals surface area contributed by atoms with Crippen LogP contribution in [0.5, 0.6) is 0 Å².